The highest BCUT2D eigenvalue weighted by molar-refractivity contribution is 5.89. The normalized spacial score (nSPS) is 44.3. The van der Waals surface area contributed by atoms with Gasteiger partial charge in [-0.1, -0.05) is 38.3 Å². The summed E-state index contributed by atoms with van der Waals surface area (Å²) in [5.74, 6) is -1.26. The molecule has 0 heterocycles. The van der Waals surface area contributed by atoms with E-state index in [1.165, 1.54) is 57.6 Å². The van der Waals surface area contributed by atoms with E-state index in [9.17, 15) is 14.4 Å². The van der Waals surface area contributed by atoms with Crippen LogP contribution in [0.4, 0.5) is 0 Å². The second-order valence-corrected chi connectivity index (χ2v) is 12.9. The summed E-state index contributed by atoms with van der Waals surface area (Å²) in [6.45, 7) is 8.92. The van der Waals surface area contributed by atoms with Crippen molar-refractivity contribution in [1.29, 1.82) is 0 Å². The van der Waals surface area contributed by atoms with Gasteiger partial charge in [-0.2, -0.15) is 0 Å². The second-order valence-electron chi connectivity index (χ2n) is 12.9. The number of esters is 3. The Labute approximate surface area is 222 Å². The average molecular weight is 515 g/mol. The van der Waals surface area contributed by atoms with E-state index < -0.39 is 29.7 Å². The summed E-state index contributed by atoms with van der Waals surface area (Å²) in [6.07, 6.45) is 13.2. The summed E-state index contributed by atoms with van der Waals surface area (Å²) in [5.41, 5.74) is 1.55. The first-order chi connectivity index (χ1) is 17.7. The highest BCUT2D eigenvalue weighted by Gasteiger charge is 2.64. The maximum atomic E-state index is 13.5. The van der Waals surface area contributed by atoms with Gasteiger partial charge in [0.15, 0.2) is 0 Å². The minimum absolute atomic E-state index is 0.0691. The Morgan fingerprint density at radius 2 is 1.57 bits per heavy atom. The van der Waals surface area contributed by atoms with E-state index in [0.29, 0.717) is 17.3 Å². The molecule has 5 aliphatic rings. The van der Waals surface area contributed by atoms with Gasteiger partial charge < -0.3 is 14.2 Å². The van der Waals surface area contributed by atoms with Crippen LogP contribution in [0.15, 0.2) is 11.6 Å². The van der Waals surface area contributed by atoms with E-state index in [4.69, 9.17) is 14.2 Å². The highest BCUT2D eigenvalue weighted by atomic mass is 16.5. The van der Waals surface area contributed by atoms with Gasteiger partial charge in [-0.3, -0.25) is 14.4 Å². The lowest BCUT2D eigenvalue weighted by atomic mass is 9.45. The minimum Gasteiger partial charge on any atom is -0.469 e. The topological polar surface area (TPSA) is 78.9 Å². The molecule has 6 heteroatoms. The van der Waals surface area contributed by atoms with Gasteiger partial charge in [0.25, 0.3) is 0 Å². The Bertz CT molecular complexity index is 955. The number of fused-ring (bicyclic) bond motifs is 7. The number of carbonyl (C=O) groups excluding carboxylic acids is 3. The highest BCUT2D eigenvalue weighted by Crippen LogP contribution is 2.70. The van der Waals surface area contributed by atoms with E-state index in [1.807, 2.05) is 6.08 Å². The van der Waals surface area contributed by atoms with Crippen molar-refractivity contribution in [1.82, 2.24) is 0 Å². The fourth-order valence-corrected chi connectivity index (χ4v) is 10.1. The molecule has 206 valence electrons. The SMILES string of the molecule is CCOC(=O)[C@@H]1[C@@H](C(=O)OCC)[C@@H]2C[C@H]3[C@@H]4CC[C@H]5CCCC[C@]5(C)[C@H]4CC[C@]3(C)C2=C[C@@H]1C(=O)OC. The predicted molar refractivity (Wildman–Crippen MR) is 139 cm³/mol. The van der Waals surface area contributed by atoms with Gasteiger partial charge >= 0.3 is 17.9 Å². The number of rotatable bonds is 5. The Hall–Kier alpha value is -1.85. The number of hydrogen-bond acceptors (Lipinski definition) is 6. The zero-order valence-corrected chi connectivity index (χ0v) is 23.4. The number of ether oxygens (including phenoxy) is 3. The van der Waals surface area contributed by atoms with Crippen LogP contribution >= 0.6 is 0 Å². The van der Waals surface area contributed by atoms with Crippen molar-refractivity contribution >= 4 is 17.9 Å². The molecule has 0 bridgehead atoms. The molecule has 5 rings (SSSR count). The third kappa shape index (κ3) is 4.07. The smallest absolute Gasteiger partial charge is 0.313 e. The Morgan fingerprint density at radius 1 is 0.865 bits per heavy atom. The van der Waals surface area contributed by atoms with Crippen molar-refractivity contribution in [3.63, 3.8) is 0 Å². The molecule has 0 saturated heterocycles. The van der Waals surface area contributed by atoms with Crippen molar-refractivity contribution < 1.29 is 28.6 Å². The Kier molecular flexibility index (Phi) is 7.25. The molecule has 0 N–H and O–H groups in total. The molecule has 0 unspecified atom stereocenters. The van der Waals surface area contributed by atoms with Crippen LogP contribution in [-0.4, -0.2) is 38.2 Å². The standard InChI is InChI=1S/C31H46O6/c1-6-36-28(33)25-20-16-23-19-12-11-18-10-8-9-14-30(18,3)22(19)13-15-31(23,4)24(20)17-21(27(32)35-5)26(25)29(34)37-7-2/h17-23,25-26H,6-16H2,1-5H3/t18-,19-,20-,21+,22+,23+,25+,26+,30+,31+/m1/s1. The number of hydrogen-bond donors (Lipinski definition) is 0. The molecule has 0 aromatic heterocycles. The van der Waals surface area contributed by atoms with Crippen molar-refractivity contribution in [3.05, 3.63) is 11.6 Å². The maximum absolute atomic E-state index is 13.5. The van der Waals surface area contributed by atoms with Crippen molar-refractivity contribution in [2.24, 2.45) is 58.2 Å². The third-order valence-corrected chi connectivity index (χ3v) is 11.7. The number of allylic oxidation sites excluding steroid dienone is 1. The predicted octanol–water partition coefficient (Wildman–Crippen LogP) is 5.73. The summed E-state index contributed by atoms with van der Waals surface area (Å²) >= 11 is 0. The van der Waals surface area contributed by atoms with Gasteiger partial charge in [-0.25, -0.2) is 0 Å². The fourth-order valence-electron chi connectivity index (χ4n) is 10.1. The van der Waals surface area contributed by atoms with E-state index in [1.54, 1.807) is 13.8 Å². The lowest BCUT2D eigenvalue weighted by molar-refractivity contribution is -0.169. The fraction of sp³-hybridized carbons (Fsp3) is 0.839. The molecule has 0 aromatic carbocycles. The molecule has 6 nitrogen and oxygen atoms in total. The quantitative estimate of drug-likeness (QED) is 0.265. The molecule has 5 aliphatic carbocycles. The lowest BCUT2D eigenvalue weighted by Crippen LogP contribution is -2.52. The van der Waals surface area contributed by atoms with E-state index in [2.05, 4.69) is 13.8 Å². The molecule has 0 aliphatic heterocycles. The molecular weight excluding hydrogens is 468 g/mol. The van der Waals surface area contributed by atoms with Crippen LogP contribution < -0.4 is 0 Å². The van der Waals surface area contributed by atoms with Gasteiger partial charge in [0, 0.05) is 0 Å². The van der Waals surface area contributed by atoms with Crippen LogP contribution in [0, 0.1) is 58.2 Å². The van der Waals surface area contributed by atoms with Gasteiger partial charge in [0.2, 0.25) is 0 Å². The number of methoxy groups -OCH3 is 1. The molecule has 37 heavy (non-hydrogen) atoms. The molecule has 0 amide bonds. The molecule has 0 aromatic rings. The number of carbonyl (C=O) groups is 3. The van der Waals surface area contributed by atoms with Crippen LogP contribution in [0.3, 0.4) is 0 Å². The molecule has 10 atom stereocenters. The summed E-state index contributed by atoms with van der Waals surface area (Å²) in [6, 6.07) is 0. The second kappa shape index (κ2) is 10.0. The van der Waals surface area contributed by atoms with Gasteiger partial charge in [0.1, 0.15) is 0 Å². The van der Waals surface area contributed by atoms with Gasteiger partial charge in [0.05, 0.1) is 38.1 Å². The van der Waals surface area contributed by atoms with Crippen LogP contribution in [0.25, 0.3) is 0 Å². The first-order valence-corrected chi connectivity index (χ1v) is 14.8. The van der Waals surface area contributed by atoms with E-state index in [0.717, 1.165) is 24.7 Å². The Balaban J connectivity index is 1.56. The average Bonchev–Trinajstić information content (AvgIpc) is 3.19. The summed E-state index contributed by atoms with van der Waals surface area (Å²) in [4.78, 5) is 39.9. The Morgan fingerprint density at radius 3 is 2.24 bits per heavy atom. The third-order valence-electron chi connectivity index (χ3n) is 11.7. The van der Waals surface area contributed by atoms with E-state index >= 15 is 0 Å². The largest absolute Gasteiger partial charge is 0.469 e. The monoisotopic (exact) mass is 514 g/mol. The van der Waals surface area contributed by atoms with Crippen LogP contribution in [-0.2, 0) is 28.6 Å². The van der Waals surface area contributed by atoms with E-state index in [-0.39, 0.29) is 30.5 Å². The van der Waals surface area contributed by atoms with Crippen molar-refractivity contribution in [2.45, 2.75) is 85.5 Å². The zero-order chi connectivity index (χ0) is 26.5. The minimum atomic E-state index is -0.911. The summed E-state index contributed by atoms with van der Waals surface area (Å²) in [7, 11) is 1.35. The van der Waals surface area contributed by atoms with Crippen LogP contribution in [0.2, 0.25) is 0 Å². The lowest BCUT2D eigenvalue weighted by Gasteiger charge is -2.60. The molecular formula is C31H46O6. The molecule has 0 spiro atoms. The van der Waals surface area contributed by atoms with Gasteiger partial charge in [-0.05, 0) is 99.2 Å². The van der Waals surface area contributed by atoms with Crippen molar-refractivity contribution in [2.75, 3.05) is 20.3 Å². The first kappa shape index (κ1) is 26.7. The molecule has 4 fully saturated rings. The van der Waals surface area contributed by atoms with Crippen LogP contribution in [0.1, 0.15) is 85.5 Å². The van der Waals surface area contributed by atoms with Gasteiger partial charge in [-0.15, -0.1) is 0 Å². The summed E-state index contributed by atoms with van der Waals surface area (Å²) < 4.78 is 16.2. The summed E-state index contributed by atoms with van der Waals surface area (Å²) in [5, 5.41) is 0. The first-order valence-electron chi connectivity index (χ1n) is 14.8. The molecule has 4 saturated carbocycles. The zero-order valence-electron chi connectivity index (χ0n) is 23.4. The van der Waals surface area contributed by atoms with Crippen molar-refractivity contribution in [3.8, 4) is 0 Å². The van der Waals surface area contributed by atoms with Crippen LogP contribution in [0.5, 0.6) is 0 Å². The maximum Gasteiger partial charge on any atom is 0.313 e. The molecule has 0 radical (unpaired) electrons.